The molecule has 0 spiro atoms. The minimum atomic E-state index is -0.607. The molecule has 1 N–H and O–H groups in total. The Labute approximate surface area is 110 Å². The van der Waals surface area contributed by atoms with E-state index in [2.05, 4.69) is 10.3 Å². The van der Waals surface area contributed by atoms with Crippen LogP contribution in [0.1, 0.15) is 29.6 Å². The topological polar surface area (TPSA) is 62.3 Å². The van der Waals surface area contributed by atoms with E-state index in [-0.39, 0.29) is 11.8 Å². The Morgan fingerprint density at radius 1 is 1.47 bits per heavy atom. The van der Waals surface area contributed by atoms with E-state index in [9.17, 15) is 14.0 Å². The lowest BCUT2D eigenvalue weighted by Gasteiger charge is -2.15. The van der Waals surface area contributed by atoms with Crippen LogP contribution in [-0.2, 0) is 4.79 Å². The Kier molecular flexibility index (Phi) is 4.43. The van der Waals surface area contributed by atoms with E-state index in [1.54, 1.807) is 0 Å². The second kappa shape index (κ2) is 6.26. The van der Waals surface area contributed by atoms with Gasteiger partial charge in [0.1, 0.15) is 0 Å². The first-order chi connectivity index (χ1) is 9.16. The van der Waals surface area contributed by atoms with Crippen LogP contribution in [0.5, 0.6) is 0 Å². The first-order valence-electron chi connectivity index (χ1n) is 6.34. The van der Waals surface area contributed by atoms with E-state index in [1.165, 1.54) is 12.3 Å². The quantitative estimate of drug-likeness (QED) is 0.637. The minimum absolute atomic E-state index is 0.189. The third kappa shape index (κ3) is 3.74. The molecule has 1 aromatic rings. The zero-order valence-corrected chi connectivity index (χ0v) is 10.6. The van der Waals surface area contributed by atoms with Gasteiger partial charge in [0.2, 0.25) is 11.9 Å². The second-order valence-corrected chi connectivity index (χ2v) is 4.46. The summed E-state index contributed by atoms with van der Waals surface area (Å²) in [6, 6.07) is 2.54. The van der Waals surface area contributed by atoms with E-state index in [1.807, 2.05) is 4.90 Å². The van der Waals surface area contributed by atoms with Crippen molar-refractivity contribution < 1.29 is 14.0 Å². The summed E-state index contributed by atoms with van der Waals surface area (Å²) in [6.07, 6.45) is 3.47. The number of halogens is 1. The Balaban J connectivity index is 1.69. The zero-order chi connectivity index (χ0) is 13.7. The zero-order valence-electron chi connectivity index (χ0n) is 10.6. The van der Waals surface area contributed by atoms with Crippen LogP contribution < -0.4 is 5.32 Å². The average molecular weight is 265 g/mol. The number of hydrogen-bond acceptors (Lipinski definition) is 3. The summed E-state index contributed by atoms with van der Waals surface area (Å²) in [7, 11) is 0. The lowest BCUT2D eigenvalue weighted by Crippen LogP contribution is -2.30. The number of likely N-dealkylation sites (tertiary alicyclic amines) is 1. The molecule has 2 heterocycles. The fourth-order valence-corrected chi connectivity index (χ4v) is 2.02. The summed E-state index contributed by atoms with van der Waals surface area (Å²) in [5, 5.41) is 2.72. The van der Waals surface area contributed by atoms with E-state index in [4.69, 9.17) is 0 Å². The number of nitrogens with zero attached hydrogens (tertiary/aromatic N) is 2. The molecule has 0 atom stereocenters. The Morgan fingerprint density at radius 2 is 2.32 bits per heavy atom. The van der Waals surface area contributed by atoms with Gasteiger partial charge in [-0.25, -0.2) is 4.98 Å². The molecule has 0 bridgehead atoms. The summed E-state index contributed by atoms with van der Waals surface area (Å²) in [5.41, 5.74) is 0.332. The molecule has 5 nitrogen and oxygen atoms in total. The van der Waals surface area contributed by atoms with Crippen molar-refractivity contribution in [2.24, 2.45) is 0 Å². The van der Waals surface area contributed by atoms with Crippen molar-refractivity contribution in [1.29, 1.82) is 0 Å². The Hall–Kier alpha value is -1.98. The average Bonchev–Trinajstić information content (AvgIpc) is 2.81. The van der Waals surface area contributed by atoms with Crippen molar-refractivity contribution in [2.45, 2.75) is 19.3 Å². The molecular weight excluding hydrogens is 249 g/mol. The maximum atomic E-state index is 12.6. The van der Waals surface area contributed by atoms with Crippen LogP contribution in [0.15, 0.2) is 18.3 Å². The predicted molar refractivity (Wildman–Crippen MR) is 67.0 cm³/mol. The number of hydrogen-bond donors (Lipinski definition) is 1. The third-order valence-electron chi connectivity index (χ3n) is 3.05. The maximum Gasteiger partial charge on any atom is 0.252 e. The molecule has 1 aliphatic heterocycles. The number of aromatic nitrogens is 1. The molecule has 1 saturated heterocycles. The van der Waals surface area contributed by atoms with Crippen LogP contribution in [0.3, 0.4) is 0 Å². The van der Waals surface area contributed by atoms with Gasteiger partial charge in [-0.15, -0.1) is 0 Å². The number of pyridine rings is 1. The van der Waals surface area contributed by atoms with E-state index >= 15 is 0 Å². The van der Waals surface area contributed by atoms with Crippen molar-refractivity contribution in [3.63, 3.8) is 0 Å². The third-order valence-corrected chi connectivity index (χ3v) is 3.05. The lowest BCUT2D eigenvalue weighted by atomic mass is 10.2. The van der Waals surface area contributed by atoms with Gasteiger partial charge in [-0.05, 0) is 25.0 Å². The summed E-state index contributed by atoms with van der Waals surface area (Å²) < 4.78 is 12.6. The van der Waals surface area contributed by atoms with Gasteiger partial charge in [0, 0.05) is 32.3 Å². The van der Waals surface area contributed by atoms with Crippen LogP contribution >= 0.6 is 0 Å². The largest absolute Gasteiger partial charge is 0.352 e. The Morgan fingerprint density at radius 3 is 2.95 bits per heavy atom. The fourth-order valence-electron chi connectivity index (χ4n) is 2.02. The highest BCUT2D eigenvalue weighted by Crippen LogP contribution is 2.09. The monoisotopic (exact) mass is 265 g/mol. The molecule has 6 heteroatoms. The molecule has 1 aliphatic rings. The minimum Gasteiger partial charge on any atom is -0.352 e. The summed E-state index contributed by atoms with van der Waals surface area (Å²) in [5.74, 6) is -0.696. The number of carbonyl (C=O) groups is 2. The summed E-state index contributed by atoms with van der Waals surface area (Å²) in [6.45, 7) is 1.97. The molecule has 19 heavy (non-hydrogen) atoms. The van der Waals surface area contributed by atoms with Crippen LogP contribution in [0.4, 0.5) is 4.39 Å². The van der Waals surface area contributed by atoms with Gasteiger partial charge in [0.15, 0.2) is 0 Å². The number of rotatable bonds is 5. The van der Waals surface area contributed by atoms with Gasteiger partial charge in [0.05, 0.1) is 5.56 Å². The molecule has 1 aromatic heterocycles. The Bertz CT molecular complexity index is 461. The fraction of sp³-hybridized carbons (Fsp3) is 0.462. The normalized spacial score (nSPS) is 14.8. The lowest BCUT2D eigenvalue weighted by molar-refractivity contribution is -0.127. The predicted octanol–water partition coefficient (Wildman–Crippen LogP) is 0.963. The number of carbonyl (C=O) groups excluding carboxylic acids is 2. The molecule has 1 fully saturated rings. The molecular formula is C13H16FN3O2. The molecule has 0 aromatic carbocycles. The van der Waals surface area contributed by atoms with E-state index in [0.29, 0.717) is 31.5 Å². The van der Waals surface area contributed by atoms with Gasteiger partial charge < -0.3 is 10.2 Å². The molecule has 102 valence electrons. The van der Waals surface area contributed by atoms with Gasteiger partial charge in [-0.1, -0.05) is 0 Å². The first kappa shape index (κ1) is 13.5. The maximum absolute atomic E-state index is 12.6. The van der Waals surface area contributed by atoms with Crippen LogP contribution in [-0.4, -0.2) is 41.3 Å². The molecule has 0 aliphatic carbocycles. The van der Waals surface area contributed by atoms with Crippen molar-refractivity contribution in [2.75, 3.05) is 19.6 Å². The SMILES string of the molecule is O=C(NCCCN1CCCC1=O)c1ccc(F)nc1. The standard InChI is InChI=1S/C13H16FN3O2/c14-11-5-4-10(9-16-11)13(19)15-6-2-8-17-7-1-3-12(17)18/h4-5,9H,1-3,6-8H2,(H,15,19). The summed E-state index contributed by atoms with van der Waals surface area (Å²) >= 11 is 0. The van der Waals surface area contributed by atoms with Gasteiger partial charge in [-0.3, -0.25) is 9.59 Å². The van der Waals surface area contributed by atoms with Gasteiger partial charge in [-0.2, -0.15) is 4.39 Å². The van der Waals surface area contributed by atoms with Crippen molar-refractivity contribution in [1.82, 2.24) is 15.2 Å². The molecule has 0 unspecified atom stereocenters. The smallest absolute Gasteiger partial charge is 0.252 e. The van der Waals surface area contributed by atoms with E-state index in [0.717, 1.165) is 19.0 Å². The van der Waals surface area contributed by atoms with E-state index < -0.39 is 5.95 Å². The van der Waals surface area contributed by atoms with Crippen LogP contribution in [0.2, 0.25) is 0 Å². The molecule has 0 radical (unpaired) electrons. The van der Waals surface area contributed by atoms with Crippen molar-refractivity contribution in [3.05, 3.63) is 29.8 Å². The molecule has 2 amide bonds. The summed E-state index contributed by atoms with van der Waals surface area (Å²) in [4.78, 5) is 28.2. The van der Waals surface area contributed by atoms with Gasteiger partial charge in [0.25, 0.3) is 5.91 Å². The van der Waals surface area contributed by atoms with Crippen LogP contribution in [0, 0.1) is 5.95 Å². The molecule has 0 saturated carbocycles. The number of nitrogens with one attached hydrogen (secondary N) is 1. The second-order valence-electron chi connectivity index (χ2n) is 4.46. The highest BCUT2D eigenvalue weighted by atomic mass is 19.1. The highest BCUT2D eigenvalue weighted by molar-refractivity contribution is 5.93. The van der Waals surface area contributed by atoms with Gasteiger partial charge >= 0.3 is 0 Å². The molecule has 2 rings (SSSR count). The number of amides is 2. The van der Waals surface area contributed by atoms with Crippen LogP contribution in [0.25, 0.3) is 0 Å². The highest BCUT2D eigenvalue weighted by Gasteiger charge is 2.19. The first-order valence-corrected chi connectivity index (χ1v) is 6.34. The van der Waals surface area contributed by atoms with Crippen molar-refractivity contribution in [3.8, 4) is 0 Å². The van der Waals surface area contributed by atoms with Crippen molar-refractivity contribution >= 4 is 11.8 Å².